The molecule has 8 nitrogen and oxygen atoms in total. The summed E-state index contributed by atoms with van der Waals surface area (Å²) >= 11 is 0. The zero-order valence-corrected chi connectivity index (χ0v) is 23.4. The maximum Gasteiger partial charge on any atom is 0.589 e. The Morgan fingerprint density at radius 2 is 0.806 bits per heavy atom. The van der Waals surface area contributed by atoms with Gasteiger partial charge in [0.05, 0.1) is 0 Å². The summed E-state index contributed by atoms with van der Waals surface area (Å²) in [6, 6.07) is 16.5. The van der Waals surface area contributed by atoms with Crippen molar-refractivity contribution in [2.24, 2.45) is 0 Å². The summed E-state index contributed by atoms with van der Waals surface area (Å²) in [5, 5.41) is 0. The maximum absolute atomic E-state index is 13.9. The standard InChI is InChI=1S/C26H32O8P2/c1-18-11-8-12-19(2)24(18)32-35(27,29-7)30-17-31-36(28,33-25-20(3)13-9-14-21(25)4)34-26-22(5)15-10-16-23(26)6/h8-16H,17H2,1-7H3. The molecule has 10 heteroatoms. The van der Waals surface area contributed by atoms with Gasteiger partial charge in [0, 0.05) is 7.11 Å². The zero-order valence-electron chi connectivity index (χ0n) is 21.6. The number of benzene rings is 3. The van der Waals surface area contributed by atoms with Gasteiger partial charge in [-0.3, -0.25) is 4.52 Å². The van der Waals surface area contributed by atoms with Crippen molar-refractivity contribution in [3.05, 3.63) is 88.0 Å². The van der Waals surface area contributed by atoms with Crippen LogP contribution in [0, 0.1) is 41.5 Å². The number of rotatable bonds is 11. The van der Waals surface area contributed by atoms with Crippen LogP contribution in [0.15, 0.2) is 54.6 Å². The summed E-state index contributed by atoms with van der Waals surface area (Å²) in [5.41, 5.74) is 4.46. The molecule has 0 heterocycles. The van der Waals surface area contributed by atoms with Gasteiger partial charge in [0.15, 0.2) is 6.79 Å². The number of hydrogen-bond acceptors (Lipinski definition) is 8. The van der Waals surface area contributed by atoms with Gasteiger partial charge in [-0.1, -0.05) is 54.6 Å². The molecular formula is C26H32O8P2. The molecule has 0 aliphatic rings. The first-order valence-corrected chi connectivity index (χ1v) is 14.2. The van der Waals surface area contributed by atoms with E-state index in [0.29, 0.717) is 17.2 Å². The summed E-state index contributed by atoms with van der Waals surface area (Å²) < 4.78 is 60.2. The minimum Gasteiger partial charge on any atom is -0.403 e. The third-order valence-corrected chi connectivity index (χ3v) is 7.99. The largest absolute Gasteiger partial charge is 0.589 e. The number of hydrogen-bond donors (Lipinski definition) is 0. The van der Waals surface area contributed by atoms with Crippen LogP contribution in [0.25, 0.3) is 0 Å². The van der Waals surface area contributed by atoms with E-state index in [-0.39, 0.29) is 0 Å². The third-order valence-electron chi connectivity index (χ3n) is 5.48. The molecule has 36 heavy (non-hydrogen) atoms. The molecule has 0 aliphatic heterocycles. The number of para-hydroxylation sites is 3. The van der Waals surface area contributed by atoms with Gasteiger partial charge in [0.2, 0.25) is 0 Å². The van der Waals surface area contributed by atoms with Gasteiger partial charge in [0.25, 0.3) is 0 Å². The molecule has 1 atom stereocenters. The lowest BCUT2D eigenvalue weighted by molar-refractivity contribution is 0.0584. The molecule has 0 spiro atoms. The quantitative estimate of drug-likeness (QED) is 0.181. The molecule has 0 radical (unpaired) electrons. The minimum absolute atomic E-state index is 0.355. The topological polar surface area (TPSA) is 89.5 Å². The van der Waals surface area contributed by atoms with Crippen molar-refractivity contribution in [2.45, 2.75) is 41.5 Å². The van der Waals surface area contributed by atoms with Crippen LogP contribution in [0.5, 0.6) is 17.2 Å². The number of phosphoric acid groups is 2. The van der Waals surface area contributed by atoms with Crippen molar-refractivity contribution in [2.75, 3.05) is 13.9 Å². The average Bonchev–Trinajstić information content (AvgIpc) is 2.82. The molecule has 0 N–H and O–H groups in total. The van der Waals surface area contributed by atoms with Gasteiger partial charge in [-0.25, -0.2) is 18.2 Å². The van der Waals surface area contributed by atoms with E-state index in [4.69, 9.17) is 27.1 Å². The number of phosphoric ester groups is 2. The van der Waals surface area contributed by atoms with Crippen LogP contribution in [-0.2, 0) is 22.7 Å². The summed E-state index contributed by atoms with van der Waals surface area (Å²) in [6.45, 7) is 10.1. The maximum atomic E-state index is 13.9. The Labute approximate surface area is 212 Å². The van der Waals surface area contributed by atoms with Crippen LogP contribution >= 0.6 is 15.6 Å². The lowest BCUT2D eigenvalue weighted by Crippen LogP contribution is -2.11. The average molecular weight is 534 g/mol. The third kappa shape index (κ3) is 6.78. The van der Waals surface area contributed by atoms with Crippen LogP contribution in [0.3, 0.4) is 0 Å². The summed E-state index contributed by atoms with van der Waals surface area (Å²) in [7, 11) is -7.26. The van der Waals surface area contributed by atoms with E-state index < -0.39 is 22.4 Å². The van der Waals surface area contributed by atoms with Crippen LogP contribution in [0.4, 0.5) is 0 Å². The molecule has 0 aromatic heterocycles. The molecule has 3 rings (SSSR count). The van der Waals surface area contributed by atoms with E-state index in [2.05, 4.69) is 0 Å². The van der Waals surface area contributed by atoms with Crippen molar-refractivity contribution in [3.63, 3.8) is 0 Å². The highest BCUT2D eigenvalue weighted by molar-refractivity contribution is 7.50. The Hall–Kier alpha value is -2.60. The van der Waals surface area contributed by atoms with Crippen molar-refractivity contribution in [1.29, 1.82) is 0 Å². The van der Waals surface area contributed by atoms with Crippen molar-refractivity contribution in [1.82, 2.24) is 0 Å². The van der Waals surface area contributed by atoms with E-state index in [0.717, 1.165) is 33.4 Å². The Morgan fingerprint density at radius 1 is 0.528 bits per heavy atom. The van der Waals surface area contributed by atoms with Gasteiger partial charge in [0.1, 0.15) is 17.2 Å². The first-order valence-electron chi connectivity index (χ1n) is 11.3. The van der Waals surface area contributed by atoms with Gasteiger partial charge in [-0.15, -0.1) is 0 Å². The van der Waals surface area contributed by atoms with Gasteiger partial charge >= 0.3 is 15.6 Å². The van der Waals surface area contributed by atoms with Crippen LogP contribution in [0.1, 0.15) is 33.4 Å². The molecule has 0 fully saturated rings. The van der Waals surface area contributed by atoms with E-state index in [1.807, 2.05) is 96.1 Å². The molecule has 1 unspecified atom stereocenters. The molecule has 0 bridgehead atoms. The minimum atomic E-state index is -4.33. The summed E-state index contributed by atoms with van der Waals surface area (Å²) in [6.07, 6.45) is 0. The lowest BCUT2D eigenvalue weighted by Gasteiger charge is -2.23. The van der Waals surface area contributed by atoms with Gasteiger partial charge < -0.3 is 13.6 Å². The number of aryl methyl sites for hydroxylation is 6. The zero-order chi connectivity index (χ0) is 26.5. The second kappa shape index (κ2) is 11.6. The molecular weight excluding hydrogens is 502 g/mol. The normalized spacial score (nSPS) is 13.2. The van der Waals surface area contributed by atoms with Crippen LogP contribution < -0.4 is 13.6 Å². The van der Waals surface area contributed by atoms with E-state index >= 15 is 0 Å². The first kappa shape index (κ1) is 28.0. The molecule has 3 aromatic rings. The fraction of sp³-hybridized carbons (Fsp3) is 0.308. The smallest absolute Gasteiger partial charge is 0.403 e. The molecule has 0 amide bonds. The second-order valence-corrected chi connectivity index (χ2v) is 11.6. The second-order valence-electron chi connectivity index (χ2n) is 8.39. The summed E-state index contributed by atoms with van der Waals surface area (Å²) in [4.78, 5) is 0. The van der Waals surface area contributed by atoms with Crippen LogP contribution in [-0.4, -0.2) is 13.9 Å². The molecule has 0 aliphatic carbocycles. The molecule has 0 saturated carbocycles. The summed E-state index contributed by atoms with van der Waals surface area (Å²) in [5.74, 6) is 1.08. The van der Waals surface area contributed by atoms with E-state index in [9.17, 15) is 9.13 Å². The predicted octanol–water partition coefficient (Wildman–Crippen LogP) is 7.93. The Balaban J connectivity index is 1.86. The Bertz CT molecular complexity index is 1200. The highest BCUT2D eigenvalue weighted by Gasteiger charge is 2.36. The van der Waals surface area contributed by atoms with Crippen molar-refractivity contribution in [3.8, 4) is 17.2 Å². The molecule has 3 aromatic carbocycles. The van der Waals surface area contributed by atoms with Gasteiger partial charge in [-0.05, 0) is 74.9 Å². The first-order chi connectivity index (χ1) is 17.0. The van der Waals surface area contributed by atoms with Crippen molar-refractivity contribution >= 4 is 15.6 Å². The van der Waals surface area contributed by atoms with Crippen molar-refractivity contribution < 1.29 is 36.3 Å². The molecule has 194 valence electrons. The lowest BCUT2D eigenvalue weighted by atomic mass is 10.1. The highest BCUT2D eigenvalue weighted by Crippen LogP contribution is 2.55. The fourth-order valence-electron chi connectivity index (χ4n) is 3.51. The van der Waals surface area contributed by atoms with E-state index in [1.165, 1.54) is 7.11 Å². The fourth-order valence-corrected chi connectivity index (χ4v) is 5.86. The monoisotopic (exact) mass is 534 g/mol. The Kier molecular flexibility index (Phi) is 9.04. The van der Waals surface area contributed by atoms with Gasteiger partial charge in [-0.2, -0.15) is 0 Å². The van der Waals surface area contributed by atoms with E-state index in [1.54, 1.807) is 0 Å². The van der Waals surface area contributed by atoms with Crippen LogP contribution in [0.2, 0.25) is 0 Å². The highest BCUT2D eigenvalue weighted by atomic mass is 31.2. The molecule has 0 saturated heterocycles. The SMILES string of the molecule is COP(=O)(OCOP(=O)(Oc1c(C)cccc1C)Oc1c(C)cccc1C)Oc1c(C)cccc1C. The predicted molar refractivity (Wildman–Crippen MR) is 139 cm³/mol. The Morgan fingerprint density at radius 3 is 1.11 bits per heavy atom.